The number of rotatable bonds is 8. The third kappa shape index (κ3) is 6.46. The van der Waals surface area contributed by atoms with E-state index in [1.807, 2.05) is 13.0 Å². The highest BCUT2D eigenvalue weighted by Crippen LogP contribution is 2.17. The van der Waals surface area contributed by atoms with E-state index >= 15 is 0 Å². The molecule has 0 aliphatic carbocycles. The quantitative estimate of drug-likeness (QED) is 0.242. The minimum absolute atomic E-state index is 0.119. The molecule has 5 heteroatoms. The van der Waals surface area contributed by atoms with Gasteiger partial charge in [-0.05, 0) is 43.9 Å². The molecular formula is C18H22O5. The average molecular weight is 318 g/mol. The van der Waals surface area contributed by atoms with Crippen LogP contribution in [-0.2, 0) is 19.1 Å². The molecule has 0 aliphatic heterocycles. The van der Waals surface area contributed by atoms with Crippen molar-refractivity contribution < 1.29 is 23.9 Å². The highest BCUT2D eigenvalue weighted by molar-refractivity contribution is 5.89. The van der Waals surface area contributed by atoms with E-state index in [0.29, 0.717) is 17.6 Å². The Morgan fingerprint density at radius 2 is 2.04 bits per heavy atom. The average Bonchev–Trinajstić information content (AvgIpc) is 2.49. The predicted molar refractivity (Wildman–Crippen MR) is 85.9 cm³/mol. The van der Waals surface area contributed by atoms with Crippen LogP contribution in [0.1, 0.15) is 25.8 Å². The zero-order valence-corrected chi connectivity index (χ0v) is 13.7. The van der Waals surface area contributed by atoms with Crippen molar-refractivity contribution in [3.8, 4) is 5.75 Å². The molecule has 0 bridgehead atoms. The summed E-state index contributed by atoms with van der Waals surface area (Å²) in [4.78, 5) is 34.6. The summed E-state index contributed by atoms with van der Waals surface area (Å²) in [7, 11) is 0. The van der Waals surface area contributed by atoms with Crippen molar-refractivity contribution >= 4 is 18.2 Å². The van der Waals surface area contributed by atoms with Crippen LogP contribution in [0.15, 0.2) is 36.4 Å². The van der Waals surface area contributed by atoms with E-state index in [1.54, 1.807) is 32.0 Å². The Hall–Kier alpha value is -2.43. The van der Waals surface area contributed by atoms with Gasteiger partial charge in [0.1, 0.15) is 18.0 Å². The fraction of sp³-hybridized carbons (Fsp3) is 0.389. The zero-order chi connectivity index (χ0) is 17.4. The molecular weight excluding hydrogens is 296 g/mol. The highest BCUT2D eigenvalue weighted by Gasteiger charge is 2.23. The Bertz CT molecular complexity index is 591. The maximum Gasteiger partial charge on any atom is 0.333 e. The van der Waals surface area contributed by atoms with E-state index < -0.39 is 17.9 Å². The van der Waals surface area contributed by atoms with Crippen LogP contribution in [-0.4, -0.2) is 24.8 Å². The molecule has 0 amide bonds. The standard InChI is InChI=1S/C18H22O5/c1-12(2)17(20)22-11-14(4)8-15(10-19)18(21)23-16-7-5-6-13(3)9-16/h5-7,9-10,14-15H,1,8,11H2,2-4H3. The summed E-state index contributed by atoms with van der Waals surface area (Å²) in [6.07, 6.45) is 0.812. The molecule has 0 radical (unpaired) electrons. The number of esters is 2. The van der Waals surface area contributed by atoms with Crippen molar-refractivity contribution in [3.63, 3.8) is 0 Å². The second kappa shape index (κ2) is 8.88. The summed E-state index contributed by atoms with van der Waals surface area (Å²) >= 11 is 0. The fourth-order valence-corrected chi connectivity index (χ4v) is 1.92. The first-order valence-electron chi connectivity index (χ1n) is 7.39. The highest BCUT2D eigenvalue weighted by atomic mass is 16.5. The first kappa shape index (κ1) is 18.6. The first-order chi connectivity index (χ1) is 10.8. The number of hydrogen-bond acceptors (Lipinski definition) is 5. The second-order valence-electron chi connectivity index (χ2n) is 5.70. The molecule has 0 saturated heterocycles. The predicted octanol–water partition coefficient (Wildman–Crippen LogP) is 2.86. The summed E-state index contributed by atoms with van der Waals surface area (Å²) in [5.41, 5.74) is 1.26. The van der Waals surface area contributed by atoms with Crippen molar-refractivity contribution in [3.05, 3.63) is 42.0 Å². The van der Waals surface area contributed by atoms with Crippen molar-refractivity contribution in [2.45, 2.75) is 27.2 Å². The van der Waals surface area contributed by atoms with Crippen LogP contribution in [0, 0.1) is 18.8 Å². The number of aryl methyl sites for hydroxylation is 1. The monoisotopic (exact) mass is 318 g/mol. The van der Waals surface area contributed by atoms with E-state index in [1.165, 1.54) is 0 Å². The lowest BCUT2D eigenvalue weighted by molar-refractivity contribution is -0.142. The molecule has 0 aromatic heterocycles. The maximum atomic E-state index is 12.1. The van der Waals surface area contributed by atoms with Gasteiger partial charge in [-0.1, -0.05) is 25.6 Å². The molecule has 1 rings (SSSR count). The number of hydrogen-bond donors (Lipinski definition) is 0. The van der Waals surface area contributed by atoms with Crippen LogP contribution in [0.4, 0.5) is 0 Å². The van der Waals surface area contributed by atoms with Crippen LogP contribution in [0.3, 0.4) is 0 Å². The molecule has 2 unspecified atom stereocenters. The van der Waals surface area contributed by atoms with Crippen molar-refractivity contribution in [1.29, 1.82) is 0 Å². The first-order valence-corrected chi connectivity index (χ1v) is 7.39. The Kier molecular flexibility index (Phi) is 7.19. The van der Waals surface area contributed by atoms with Gasteiger partial charge >= 0.3 is 11.9 Å². The van der Waals surface area contributed by atoms with Gasteiger partial charge in [-0.15, -0.1) is 0 Å². The van der Waals surface area contributed by atoms with E-state index in [4.69, 9.17) is 9.47 Å². The summed E-state index contributed by atoms with van der Waals surface area (Å²) in [5, 5.41) is 0. The number of ether oxygens (including phenoxy) is 2. The summed E-state index contributed by atoms with van der Waals surface area (Å²) in [6.45, 7) is 8.84. The van der Waals surface area contributed by atoms with Gasteiger partial charge in [0.25, 0.3) is 0 Å². The Morgan fingerprint density at radius 3 is 2.61 bits per heavy atom. The molecule has 124 valence electrons. The second-order valence-corrected chi connectivity index (χ2v) is 5.70. The van der Waals surface area contributed by atoms with E-state index in [0.717, 1.165) is 5.56 Å². The lowest BCUT2D eigenvalue weighted by Gasteiger charge is -2.16. The molecule has 0 heterocycles. The van der Waals surface area contributed by atoms with Crippen LogP contribution in [0.5, 0.6) is 5.75 Å². The third-order valence-electron chi connectivity index (χ3n) is 3.18. The summed E-state index contributed by atoms with van der Waals surface area (Å²) in [5.74, 6) is -1.73. The minimum Gasteiger partial charge on any atom is -0.462 e. The van der Waals surface area contributed by atoms with Gasteiger partial charge < -0.3 is 14.3 Å². The summed E-state index contributed by atoms with van der Waals surface area (Å²) in [6, 6.07) is 7.03. The fourth-order valence-electron chi connectivity index (χ4n) is 1.92. The number of carbonyl (C=O) groups excluding carboxylic acids is 3. The molecule has 0 saturated carbocycles. The molecule has 23 heavy (non-hydrogen) atoms. The molecule has 0 fully saturated rings. The Labute approximate surface area is 136 Å². The molecule has 1 aromatic rings. The zero-order valence-electron chi connectivity index (χ0n) is 13.7. The molecule has 0 N–H and O–H groups in total. The van der Waals surface area contributed by atoms with Crippen molar-refractivity contribution in [1.82, 2.24) is 0 Å². The van der Waals surface area contributed by atoms with E-state index in [-0.39, 0.29) is 18.9 Å². The van der Waals surface area contributed by atoms with Gasteiger partial charge in [0.05, 0.1) is 6.61 Å². The molecule has 0 aliphatic rings. The SMILES string of the molecule is C=C(C)C(=O)OCC(C)CC(C=O)C(=O)Oc1cccc(C)c1. The smallest absolute Gasteiger partial charge is 0.333 e. The van der Waals surface area contributed by atoms with Crippen LogP contribution < -0.4 is 4.74 Å². The van der Waals surface area contributed by atoms with Crippen LogP contribution in [0.25, 0.3) is 0 Å². The number of carbonyl (C=O) groups is 3. The van der Waals surface area contributed by atoms with Crippen molar-refractivity contribution in [2.24, 2.45) is 11.8 Å². The molecule has 1 aromatic carbocycles. The molecule has 0 spiro atoms. The van der Waals surface area contributed by atoms with Gasteiger partial charge in [-0.25, -0.2) is 4.79 Å². The third-order valence-corrected chi connectivity index (χ3v) is 3.18. The van der Waals surface area contributed by atoms with Crippen LogP contribution in [0.2, 0.25) is 0 Å². The largest absolute Gasteiger partial charge is 0.462 e. The van der Waals surface area contributed by atoms with E-state index in [2.05, 4.69) is 6.58 Å². The normalized spacial score (nSPS) is 12.8. The minimum atomic E-state index is -0.894. The van der Waals surface area contributed by atoms with Gasteiger partial charge in [-0.2, -0.15) is 0 Å². The van der Waals surface area contributed by atoms with E-state index in [9.17, 15) is 14.4 Å². The number of aldehydes is 1. The summed E-state index contributed by atoms with van der Waals surface area (Å²) < 4.78 is 10.2. The van der Waals surface area contributed by atoms with Gasteiger partial charge in [0.2, 0.25) is 0 Å². The Morgan fingerprint density at radius 1 is 1.35 bits per heavy atom. The number of benzene rings is 1. The maximum absolute atomic E-state index is 12.1. The van der Waals surface area contributed by atoms with Crippen LogP contribution >= 0.6 is 0 Å². The topological polar surface area (TPSA) is 69.7 Å². The van der Waals surface area contributed by atoms with Crippen molar-refractivity contribution in [2.75, 3.05) is 6.61 Å². The molecule has 2 atom stereocenters. The lowest BCUT2D eigenvalue weighted by Crippen LogP contribution is -2.25. The van der Waals surface area contributed by atoms with Gasteiger partial charge in [0.15, 0.2) is 0 Å². The van der Waals surface area contributed by atoms with Gasteiger partial charge in [0, 0.05) is 5.57 Å². The Balaban J connectivity index is 2.55. The molecule has 5 nitrogen and oxygen atoms in total. The lowest BCUT2D eigenvalue weighted by atomic mass is 9.97. The van der Waals surface area contributed by atoms with Gasteiger partial charge in [-0.3, -0.25) is 4.79 Å².